The van der Waals surface area contributed by atoms with E-state index in [0.717, 1.165) is 5.56 Å². The van der Waals surface area contributed by atoms with Crippen LogP contribution in [0.2, 0.25) is 0 Å². The lowest BCUT2D eigenvalue weighted by Crippen LogP contribution is -2.34. The summed E-state index contributed by atoms with van der Waals surface area (Å²) in [7, 11) is -4.22. The van der Waals surface area contributed by atoms with Gasteiger partial charge in [0.05, 0.1) is 0 Å². The first-order valence-electron chi connectivity index (χ1n) is 5.37. The summed E-state index contributed by atoms with van der Waals surface area (Å²) in [5, 5.41) is 3.84. The first-order valence-corrected chi connectivity index (χ1v) is 7.75. The second-order valence-corrected chi connectivity index (χ2v) is 6.49. The van der Waals surface area contributed by atoms with Crippen LogP contribution in [-0.2, 0) is 19.8 Å². The molecule has 0 radical (unpaired) electrons. The number of thiophene rings is 1. The molecular formula is C10H15NO5S2. The third-order valence-corrected chi connectivity index (χ3v) is 3.76. The Bertz CT molecular complexity index is 496. The third-order valence-electron chi connectivity index (χ3n) is 2.52. The molecule has 2 rings (SSSR count). The molecular weight excluding hydrogens is 278 g/mol. The van der Waals surface area contributed by atoms with E-state index in [9.17, 15) is 8.42 Å². The summed E-state index contributed by atoms with van der Waals surface area (Å²) in [5.41, 5.74) is 0.938. The maximum Gasteiger partial charge on any atom is 0.333 e. The molecule has 6 nitrogen and oxygen atoms in total. The minimum atomic E-state index is -4.22. The van der Waals surface area contributed by atoms with Gasteiger partial charge < -0.3 is 9.47 Å². The van der Waals surface area contributed by atoms with E-state index in [2.05, 4.69) is 0 Å². The van der Waals surface area contributed by atoms with Crippen LogP contribution in [0.5, 0.6) is 0 Å². The second kappa shape index (κ2) is 4.87. The predicted octanol–water partition coefficient (Wildman–Crippen LogP) is 1.33. The Hall–Kier alpha value is -0.510. The average Bonchev–Trinajstić information content (AvgIpc) is 2.80. The fourth-order valence-electron chi connectivity index (χ4n) is 1.89. The van der Waals surface area contributed by atoms with Gasteiger partial charge in [0, 0.05) is 6.54 Å². The van der Waals surface area contributed by atoms with Crippen LogP contribution < -0.4 is 4.72 Å². The molecule has 1 fully saturated rings. The SMILES string of the molecule is CC1(C)O[C@@H](CNS(=O)(=O)O)[C@H](c2ccsc2)O1. The molecule has 1 saturated heterocycles. The van der Waals surface area contributed by atoms with Gasteiger partial charge in [-0.2, -0.15) is 24.5 Å². The normalized spacial score (nSPS) is 27.5. The van der Waals surface area contributed by atoms with E-state index in [4.69, 9.17) is 14.0 Å². The molecule has 102 valence electrons. The lowest BCUT2D eigenvalue weighted by atomic mass is 10.1. The van der Waals surface area contributed by atoms with E-state index < -0.39 is 22.2 Å². The molecule has 1 aliphatic rings. The van der Waals surface area contributed by atoms with Crippen LogP contribution in [0, 0.1) is 0 Å². The molecule has 2 N–H and O–H groups in total. The first-order chi connectivity index (χ1) is 8.27. The monoisotopic (exact) mass is 293 g/mol. The molecule has 0 aliphatic carbocycles. The van der Waals surface area contributed by atoms with Crippen molar-refractivity contribution >= 4 is 21.6 Å². The Morgan fingerprint density at radius 2 is 2.22 bits per heavy atom. The zero-order valence-corrected chi connectivity index (χ0v) is 11.6. The average molecular weight is 293 g/mol. The van der Waals surface area contributed by atoms with Gasteiger partial charge in [-0.15, -0.1) is 0 Å². The van der Waals surface area contributed by atoms with Crippen molar-refractivity contribution in [3.8, 4) is 0 Å². The molecule has 1 aromatic rings. The van der Waals surface area contributed by atoms with Crippen molar-refractivity contribution < 1.29 is 22.4 Å². The van der Waals surface area contributed by atoms with Gasteiger partial charge in [0.1, 0.15) is 12.2 Å². The Labute approximate surface area is 110 Å². The van der Waals surface area contributed by atoms with E-state index in [-0.39, 0.29) is 12.6 Å². The predicted molar refractivity (Wildman–Crippen MR) is 66.6 cm³/mol. The van der Waals surface area contributed by atoms with Crippen LogP contribution in [0.25, 0.3) is 0 Å². The van der Waals surface area contributed by atoms with Crippen LogP contribution >= 0.6 is 11.3 Å². The van der Waals surface area contributed by atoms with Gasteiger partial charge in [0.25, 0.3) is 0 Å². The fraction of sp³-hybridized carbons (Fsp3) is 0.600. The number of hydrogen-bond acceptors (Lipinski definition) is 5. The number of nitrogens with one attached hydrogen (secondary N) is 1. The van der Waals surface area contributed by atoms with Gasteiger partial charge in [-0.25, -0.2) is 0 Å². The van der Waals surface area contributed by atoms with E-state index in [1.165, 1.54) is 11.3 Å². The topological polar surface area (TPSA) is 84.9 Å². The van der Waals surface area contributed by atoms with E-state index in [1.807, 2.05) is 21.5 Å². The molecule has 1 aliphatic heterocycles. The molecule has 0 unspecified atom stereocenters. The molecule has 2 atom stereocenters. The molecule has 0 aromatic carbocycles. The fourth-order valence-corrected chi connectivity index (χ4v) is 2.95. The van der Waals surface area contributed by atoms with Crippen molar-refractivity contribution in [3.05, 3.63) is 22.4 Å². The van der Waals surface area contributed by atoms with Crippen LogP contribution in [0.4, 0.5) is 0 Å². The van der Waals surface area contributed by atoms with Crippen molar-refractivity contribution in [2.24, 2.45) is 0 Å². The lowest BCUT2D eigenvalue weighted by molar-refractivity contribution is -0.146. The van der Waals surface area contributed by atoms with Gasteiger partial charge in [0.2, 0.25) is 0 Å². The Balaban J connectivity index is 2.11. The number of rotatable bonds is 4. The quantitative estimate of drug-likeness (QED) is 0.818. The second-order valence-electron chi connectivity index (χ2n) is 4.47. The molecule has 0 amide bonds. The summed E-state index contributed by atoms with van der Waals surface area (Å²) in [6.45, 7) is 3.49. The number of hydrogen-bond donors (Lipinski definition) is 2. The van der Waals surface area contributed by atoms with Gasteiger partial charge in [-0.3, -0.25) is 4.55 Å². The molecule has 2 heterocycles. The zero-order valence-electron chi connectivity index (χ0n) is 9.99. The summed E-state index contributed by atoms with van der Waals surface area (Å²) >= 11 is 1.53. The Kier molecular flexibility index (Phi) is 3.77. The zero-order chi connectivity index (χ0) is 13.4. The van der Waals surface area contributed by atoms with E-state index in [0.29, 0.717) is 0 Å². The third kappa shape index (κ3) is 3.50. The van der Waals surface area contributed by atoms with Crippen molar-refractivity contribution in [2.75, 3.05) is 6.54 Å². The van der Waals surface area contributed by atoms with Gasteiger partial charge in [-0.1, -0.05) is 0 Å². The van der Waals surface area contributed by atoms with Crippen molar-refractivity contribution in [1.29, 1.82) is 0 Å². The highest BCUT2D eigenvalue weighted by molar-refractivity contribution is 7.83. The summed E-state index contributed by atoms with van der Waals surface area (Å²) in [6.07, 6.45) is -0.822. The van der Waals surface area contributed by atoms with E-state index in [1.54, 1.807) is 13.8 Å². The molecule has 0 spiro atoms. The highest BCUT2D eigenvalue weighted by Gasteiger charge is 2.42. The largest absolute Gasteiger partial charge is 0.343 e. The maximum atomic E-state index is 10.7. The highest BCUT2D eigenvalue weighted by atomic mass is 32.2. The molecule has 0 bridgehead atoms. The summed E-state index contributed by atoms with van der Waals surface area (Å²) in [6, 6.07) is 1.90. The van der Waals surface area contributed by atoms with Crippen molar-refractivity contribution in [1.82, 2.24) is 4.72 Å². The summed E-state index contributed by atoms with van der Waals surface area (Å²) in [4.78, 5) is 0. The molecule has 8 heteroatoms. The van der Waals surface area contributed by atoms with Crippen LogP contribution in [-0.4, -0.2) is 31.4 Å². The van der Waals surface area contributed by atoms with Crippen LogP contribution in [0.1, 0.15) is 25.5 Å². The minimum Gasteiger partial charge on any atom is -0.343 e. The molecule has 1 aromatic heterocycles. The standard InChI is InChI=1S/C10H15NO5S2/c1-10(2)15-8(5-11-18(12,13)14)9(16-10)7-3-4-17-6-7/h3-4,6,8-9,11H,5H2,1-2H3,(H,12,13,14)/t8-,9-/m0/s1. The van der Waals surface area contributed by atoms with Crippen molar-refractivity contribution in [2.45, 2.75) is 31.8 Å². The Morgan fingerprint density at radius 1 is 1.50 bits per heavy atom. The molecule has 0 saturated carbocycles. The van der Waals surface area contributed by atoms with Gasteiger partial charge in [0.15, 0.2) is 5.79 Å². The van der Waals surface area contributed by atoms with Gasteiger partial charge in [-0.05, 0) is 36.2 Å². The number of ether oxygens (including phenoxy) is 2. The minimum absolute atomic E-state index is 0.0389. The first kappa shape index (κ1) is 13.9. The van der Waals surface area contributed by atoms with Crippen LogP contribution in [0.3, 0.4) is 0 Å². The van der Waals surface area contributed by atoms with E-state index >= 15 is 0 Å². The van der Waals surface area contributed by atoms with Crippen LogP contribution in [0.15, 0.2) is 16.8 Å². The lowest BCUT2D eigenvalue weighted by Gasteiger charge is -2.16. The smallest absolute Gasteiger partial charge is 0.333 e. The summed E-state index contributed by atoms with van der Waals surface area (Å²) in [5.74, 6) is -0.780. The highest BCUT2D eigenvalue weighted by Crippen LogP contribution is 2.38. The maximum absolute atomic E-state index is 10.7. The van der Waals surface area contributed by atoms with Gasteiger partial charge >= 0.3 is 10.3 Å². The summed E-state index contributed by atoms with van der Waals surface area (Å²) < 4.78 is 43.5. The Morgan fingerprint density at radius 3 is 2.78 bits per heavy atom. The molecule has 18 heavy (non-hydrogen) atoms. The van der Waals surface area contributed by atoms with Crippen molar-refractivity contribution in [3.63, 3.8) is 0 Å².